The van der Waals surface area contributed by atoms with E-state index in [1.165, 1.54) is 16.9 Å². The molecule has 0 spiro atoms. The summed E-state index contributed by atoms with van der Waals surface area (Å²) in [5.74, 6) is 0.623. The van der Waals surface area contributed by atoms with Gasteiger partial charge in [0.1, 0.15) is 5.76 Å². The van der Waals surface area contributed by atoms with Crippen molar-refractivity contribution in [3.05, 3.63) is 94.8 Å². The SMILES string of the molecule is Cc1ccc(-c2csc(N(Cc3ccco3)C(=O)c3cccc(C)c3)n2)cc1. The zero-order valence-electron chi connectivity index (χ0n) is 15.8. The van der Waals surface area contributed by atoms with Gasteiger partial charge in [0.05, 0.1) is 18.5 Å². The maximum Gasteiger partial charge on any atom is 0.260 e. The molecule has 2 heterocycles. The van der Waals surface area contributed by atoms with Crippen LogP contribution in [0.3, 0.4) is 0 Å². The first-order chi connectivity index (χ1) is 13.6. The fraction of sp³-hybridized carbons (Fsp3) is 0.130. The van der Waals surface area contributed by atoms with E-state index < -0.39 is 0 Å². The van der Waals surface area contributed by atoms with E-state index in [-0.39, 0.29) is 5.91 Å². The summed E-state index contributed by atoms with van der Waals surface area (Å²) in [5, 5.41) is 2.64. The third kappa shape index (κ3) is 3.89. The largest absolute Gasteiger partial charge is 0.467 e. The predicted molar refractivity (Wildman–Crippen MR) is 113 cm³/mol. The van der Waals surface area contributed by atoms with E-state index in [4.69, 9.17) is 9.40 Å². The second-order valence-electron chi connectivity index (χ2n) is 6.72. The van der Waals surface area contributed by atoms with Crippen LogP contribution in [-0.2, 0) is 6.54 Å². The van der Waals surface area contributed by atoms with Gasteiger partial charge in [0.25, 0.3) is 5.91 Å². The van der Waals surface area contributed by atoms with Gasteiger partial charge in [0.2, 0.25) is 0 Å². The van der Waals surface area contributed by atoms with E-state index in [1.807, 2.05) is 60.8 Å². The molecule has 4 rings (SSSR count). The third-order valence-electron chi connectivity index (χ3n) is 4.47. The van der Waals surface area contributed by atoms with Crippen LogP contribution in [0.2, 0.25) is 0 Å². The molecular weight excluding hydrogens is 368 g/mol. The molecule has 0 atom stereocenters. The summed E-state index contributed by atoms with van der Waals surface area (Å²) in [5.41, 5.74) is 4.78. The molecule has 0 aliphatic carbocycles. The van der Waals surface area contributed by atoms with E-state index >= 15 is 0 Å². The lowest BCUT2D eigenvalue weighted by Gasteiger charge is -2.19. The Hall–Kier alpha value is -3.18. The maximum atomic E-state index is 13.3. The van der Waals surface area contributed by atoms with Crippen molar-refractivity contribution in [2.45, 2.75) is 20.4 Å². The van der Waals surface area contributed by atoms with Gasteiger partial charge in [0.15, 0.2) is 5.13 Å². The molecule has 1 amide bonds. The molecule has 4 nitrogen and oxygen atoms in total. The van der Waals surface area contributed by atoms with Gasteiger partial charge < -0.3 is 4.42 Å². The number of carbonyl (C=O) groups excluding carboxylic acids is 1. The molecule has 0 saturated carbocycles. The van der Waals surface area contributed by atoms with Crippen molar-refractivity contribution in [2.75, 3.05) is 4.90 Å². The number of rotatable bonds is 5. The quantitative estimate of drug-likeness (QED) is 0.430. The number of aryl methyl sites for hydroxylation is 2. The summed E-state index contributed by atoms with van der Waals surface area (Å²) >= 11 is 1.46. The van der Waals surface area contributed by atoms with Crippen molar-refractivity contribution >= 4 is 22.4 Å². The number of benzene rings is 2. The predicted octanol–water partition coefficient (Wildman–Crippen LogP) is 5.87. The topological polar surface area (TPSA) is 46.3 Å². The number of carbonyl (C=O) groups is 1. The molecule has 2 aromatic heterocycles. The summed E-state index contributed by atoms with van der Waals surface area (Å²) in [7, 11) is 0. The molecule has 0 bridgehead atoms. The molecule has 0 fully saturated rings. The molecular formula is C23H20N2O2S. The summed E-state index contributed by atoms with van der Waals surface area (Å²) in [4.78, 5) is 19.7. The fourth-order valence-corrected chi connectivity index (χ4v) is 3.80. The molecule has 0 unspecified atom stereocenters. The van der Waals surface area contributed by atoms with Gasteiger partial charge in [-0.15, -0.1) is 11.3 Å². The van der Waals surface area contributed by atoms with Crippen LogP contribution in [0.1, 0.15) is 27.2 Å². The Balaban J connectivity index is 1.69. The zero-order valence-corrected chi connectivity index (χ0v) is 16.6. The van der Waals surface area contributed by atoms with Crippen molar-refractivity contribution in [3.8, 4) is 11.3 Å². The van der Waals surface area contributed by atoms with Gasteiger partial charge in [-0.1, -0.05) is 47.5 Å². The Labute approximate surface area is 168 Å². The van der Waals surface area contributed by atoms with Crippen LogP contribution in [0.4, 0.5) is 5.13 Å². The normalized spacial score (nSPS) is 10.8. The number of furan rings is 1. The van der Waals surface area contributed by atoms with E-state index in [2.05, 4.69) is 19.1 Å². The van der Waals surface area contributed by atoms with Crippen LogP contribution in [-0.4, -0.2) is 10.9 Å². The molecule has 0 aliphatic rings. The molecule has 4 aromatic rings. The molecule has 140 valence electrons. The van der Waals surface area contributed by atoms with Gasteiger partial charge >= 0.3 is 0 Å². The van der Waals surface area contributed by atoms with Gasteiger partial charge in [-0.2, -0.15) is 0 Å². The monoisotopic (exact) mass is 388 g/mol. The Morgan fingerprint density at radius 1 is 1.04 bits per heavy atom. The number of nitrogens with zero attached hydrogens (tertiary/aromatic N) is 2. The Morgan fingerprint density at radius 3 is 2.57 bits per heavy atom. The van der Waals surface area contributed by atoms with Crippen molar-refractivity contribution in [3.63, 3.8) is 0 Å². The van der Waals surface area contributed by atoms with Crippen LogP contribution in [0.15, 0.2) is 76.7 Å². The highest BCUT2D eigenvalue weighted by Gasteiger charge is 2.22. The average molecular weight is 388 g/mol. The van der Waals surface area contributed by atoms with Crippen molar-refractivity contribution in [2.24, 2.45) is 0 Å². The zero-order chi connectivity index (χ0) is 19.5. The number of hydrogen-bond acceptors (Lipinski definition) is 4. The molecule has 0 radical (unpaired) electrons. The number of thiazole rings is 1. The Bertz CT molecular complexity index is 1080. The molecule has 5 heteroatoms. The lowest BCUT2D eigenvalue weighted by Crippen LogP contribution is -2.30. The highest BCUT2D eigenvalue weighted by molar-refractivity contribution is 7.14. The summed E-state index contributed by atoms with van der Waals surface area (Å²) in [6.07, 6.45) is 1.62. The minimum atomic E-state index is -0.0927. The first-order valence-electron chi connectivity index (χ1n) is 9.03. The minimum Gasteiger partial charge on any atom is -0.467 e. The number of anilines is 1. The lowest BCUT2D eigenvalue weighted by atomic mass is 10.1. The van der Waals surface area contributed by atoms with Crippen molar-refractivity contribution < 1.29 is 9.21 Å². The standard InChI is InChI=1S/C23H20N2O2S/c1-16-8-10-18(11-9-16)21-15-28-23(24-21)25(14-20-7-4-12-27-20)22(26)19-6-3-5-17(2)13-19/h3-13,15H,14H2,1-2H3. The number of hydrogen-bond donors (Lipinski definition) is 0. The molecule has 0 aliphatic heterocycles. The Kier molecular flexibility index (Phi) is 5.08. The Morgan fingerprint density at radius 2 is 1.86 bits per heavy atom. The summed E-state index contributed by atoms with van der Waals surface area (Å²) < 4.78 is 5.48. The second kappa shape index (κ2) is 7.82. The summed E-state index contributed by atoms with van der Waals surface area (Å²) in [6.45, 7) is 4.37. The summed E-state index contributed by atoms with van der Waals surface area (Å²) in [6, 6.07) is 19.5. The second-order valence-corrected chi connectivity index (χ2v) is 7.56. The minimum absolute atomic E-state index is 0.0927. The molecule has 2 aromatic carbocycles. The highest BCUT2D eigenvalue weighted by Crippen LogP contribution is 2.30. The third-order valence-corrected chi connectivity index (χ3v) is 5.34. The van der Waals surface area contributed by atoms with Gasteiger partial charge in [0, 0.05) is 16.5 Å². The van der Waals surface area contributed by atoms with E-state index in [1.54, 1.807) is 11.2 Å². The van der Waals surface area contributed by atoms with Crippen LogP contribution in [0.5, 0.6) is 0 Å². The van der Waals surface area contributed by atoms with Gasteiger partial charge in [-0.25, -0.2) is 4.98 Å². The number of aromatic nitrogens is 1. The highest BCUT2D eigenvalue weighted by atomic mass is 32.1. The van der Waals surface area contributed by atoms with Gasteiger partial charge in [-0.3, -0.25) is 9.69 Å². The van der Waals surface area contributed by atoms with Crippen LogP contribution in [0, 0.1) is 13.8 Å². The van der Waals surface area contributed by atoms with Crippen LogP contribution < -0.4 is 4.90 Å². The molecule has 0 saturated heterocycles. The van der Waals surface area contributed by atoms with Crippen molar-refractivity contribution in [1.29, 1.82) is 0 Å². The first kappa shape index (κ1) is 18.2. The van der Waals surface area contributed by atoms with Crippen LogP contribution in [0.25, 0.3) is 11.3 Å². The van der Waals surface area contributed by atoms with Crippen LogP contribution >= 0.6 is 11.3 Å². The maximum absolute atomic E-state index is 13.3. The average Bonchev–Trinajstić information content (AvgIpc) is 3.38. The van der Waals surface area contributed by atoms with Gasteiger partial charge in [-0.05, 0) is 38.1 Å². The van der Waals surface area contributed by atoms with Crippen molar-refractivity contribution in [1.82, 2.24) is 4.98 Å². The fourth-order valence-electron chi connectivity index (χ4n) is 2.96. The molecule has 0 N–H and O–H groups in total. The first-order valence-corrected chi connectivity index (χ1v) is 9.91. The smallest absolute Gasteiger partial charge is 0.260 e. The van der Waals surface area contributed by atoms with E-state index in [0.29, 0.717) is 23.0 Å². The molecule has 28 heavy (non-hydrogen) atoms. The van der Waals surface area contributed by atoms with E-state index in [0.717, 1.165) is 16.8 Å². The van der Waals surface area contributed by atoms with E-state index in [9.17, 15) is 4.79 Å². The lowest BCUT2D eigenvalue weighted by molar-refractivity contribution is 0.0983. The number of amides is 1.